The maximum atomic E-state index is 12.6. The molecule has 0 unspecified atom stereocenters. The summed E-state index contributed by atoms with van der Waals surface area (Å²) in [5.74, 6) is 0. The molecule has 0 spiro atoms. The lowest BCUT2D eigenvalue weighted by Gasteiger charge is -2.18. The van der Waals surface area contributed by atoms with Crippen LogP contribution in [0.1, 0.15) is 25.7 Å². The van der Waals surface area contributed by atoms with Crippen LogP contribution in [0.15, 0.2) is 57.7 Å². The number of halogens is 1. The highest BCUT2D eigenvalue weighted by atomic mass is 35.5. The smallest absolute Gasteiger partial charge is 0.362 e. The fraction of sp³-hybridized carbons (Fsp3) is 0.238. The predicted octanol–water partition coefficient (Wildman–Crippen LogP) is 5.44. The van der Waals surface area contributed by atoms with E-state index in [2.05, 4.69) is 16.0 Å². The van der Waals surface area contributed by atoms with Crippen molar-refractivity contribution in [1.29, 1.82) is 0 Å². The molecule has 1 fully saturated rings. The second kappa shape index (κ2) is 7.94. The van der Waals surface area contributed by atoms with Gasteiger partial charge in [0.25, 0.3) is 0 Å². The minimum Gasteiger partial charge on any atom is -0.421 e. The summed E-state index contributed by atoms with van der Waals surface area (Å²) in [5, 5.41) is 10.1. The molecule has 28 heavy (non-hydrogen) atoms. The van der Waals surface area contributed by atoms with Gasteiger partial charge in [-0.15, -0.1) is 0 Å². The van der Waals surface area contributed by atoms with Gasteiger partial charge in [-0.05, 0) is 49.2 Å². The van der Waals surface area contributed by atoms with Crippen molar-refractivity contribution < 1.29 is 9.21 Å². The first-order valence-electron chi connectivity index (χ1n) is 9.26. The lowest BCUT2D eigenvalue weighted by Crippen LogP contribution is -2.26. The van der Waals surface area contributed by atoms with Crippen molar-refractivity contribution in [1.82, 2.24) is 0 Å². The van der Waals surface area contributed by atoms with Gasteiger partial charge in [0.2, 0.25) is 0 Å². The van der Waals surface area contributed by atoms with Crippen LogP contribution in [0.2, 0.25) is 5.02 Å². The van der Waals surface area contributed by atoms with Gasteiger partial charge in [-0.25, -0.2) is 9.59 Å². The van der Waals surface area contributed by atoms with Gasteiger partial charge in [-0.2, -0.15) is 0 Å². The third-order valence-electron chi connectivity index (χ3n) is 4.86. The summed E-state index contributed by atoms with van der Waals surface area (Å²) in [5.41, 5.74) is 1.17. The first-order chi connectivity index (χ1) is 13.6. The molecule has 1 aliphatic carbocycles. The summed E-state index contributed by atoms with van der Waals surface area (Å²) in [6.45, 7) is 0. The summed E-state index contributed by atoms with van der Waals surface area (Å²) in [6.07, 6.45) is 4.36. The van der Waals surface area contributed by atoms with Crippen molar-refractivity contribution in [2.24, 2.45) is 0 Å². The summed E-state index contributed by atoms with van der Waals surface area (Å²) in [7, 11) is 0. The molecule has 3 N–H and O–H groups in total. The molecule has 0 bridgehead atoms. The molecule has 2 aromatic carbocycles. The van der Waals surface area contributed by atoms with Gasteiger partial charge in [0.1, 0.15) is 5.58 Å². The van der Waals surface area contributed by atoms with Crippen LogP contribution in [0.5, 0.6) is 0 Å². The van der Waals surface area contributed by atoms with Crippen LogP contribution < -0.4 is 21.6 Å². The highest BCUT2D eigenvalue weighted by molar-refractivity contribution is 6.30. The molecule has 0 saturated heterocycles. The Labute approximate surface area is 166 Å². The maximum Gasteiger partial charge on any atom is 0.362 e. The van der Waals surface area contributed by atoms with E-state index in [0.29, 0.717) is 22.0 Å². The molecule has 1 saturated carbocycles. The van der Waals surface area contributed by atoms with Crippen molar-refractivity contribution in [3.05, 3.63) is 64.0 Å². The molecule has 1 heterocycles. The molecule has 6 nitrogen and oxygen atoms in total. The second-order valence-electron chi connectivity index (χ2n) is 6.85. The minimum absolute atomic E-state index is 0.108. The fourth-order valence-corrected chi connectivity index (χ4v) is 3.62. The molecule has 144 valence electrons. The van der Waals surface area contributed by atoms with Crippen LogP contribution in [-0.2, 0) is 0 Å². The normalized spacial score (nSPS) is 14.2. The van der Waals surface area contributed by atoms with Crippen molar-refractivity contribution in [2.45, 2.75) is 31.7 Å². The molecule has 7 heteroatoms. The minimum atomic E-state index is -0.592. The highest BCUT2D eigenvalue weighted by Gasteiger charge is 2.21. The number of carbonyl (C=O) groups is 1. The van der Waals surface area contributed by atoms with Crippen LogP contribution in [-0.4, -0.2) is 12.1 Å². The number of hydrogen-bond donors (Lipinski definition) is 3. The molecule has 1 aromatic heterocycles. The van der Waals surface area contributed by atoms with E-state index < -0.39 is 11.7 Å². The molecule has 2 amide bonds. The van der Waals surface area contributed by atoms with Gasteiger partial charge in [-0.1, -0.05) is 36.6 Å². The van der Waals surface area contributed by atoms with E-state index in [1.165, 1.54) is 0 Å². The van der Waals surface area contributed by atoms with Crippen molar-refractivity contribution >= 4 is 45.7 Å². The highest BCUT2D eigenvalue weighted by Crippen LogP contribution is 2.32. The molecular formula is C21H20ClN3O3. The van der Waals surface area contributed by atoms with E-state index in [9.17, 15) is 9.59 Å². The Balaban J connectivity index is 1.66. The van der Waals surface area contributed by atoms with Crippen molar-refractivity contribution in [2.75, 3.05) is 16.0 Å². The number of anilines is 3. The first kappa shape index (κ1) is 18.4. The van der Waals surface area contributed by atoms with Gasteiger partial charge in [0.15, 0.2) is 5.69 Å². The summed E-state index contributed by atoms with van der Waals surface area (Å²) in [4.78, 5) is 25.1. The van der Waals surface area contributed by atoms with Crippen LogP contribution in [0.25, 0.3) is 11.0 Å². The SMILES string of the molecule is O=C(Nc1ccc(Cl)cc1)Nc1c(NC2CCCC2)c2ccccc2oc1=O. The molecule has 0 radical (unpaired) electrons. The zero-order chi connectivity index (χ0) is 19.5. The van der Waals surface area contributed by atoms with Crippen molar-refractivity contribution in [3.63, 3.8) is 0 Å². The number of rotatable bonds is 4. The number of fused-ring (bicyclic) bond motifs is 1. The Morgan fingerprint density at radius 3 is 2.43 bits per heavy atom. The number of para-hydroxylation sites is 1. The molecule has 0 atom stereocenters. The summed E-state index contributed by atoms with van der Waals surface area (Å²) >= 11 is 5.87. The van der Waals surface area contributed by atoms with Crippen molar-refractivity contribution in [3.8, 4) is 0 Å². The Kier molecular flexibility index (Phi) is 5.21. The van der Waals surface area contributed by atoms with E-state index >= 15 is 0 Å². The van der Waals surface area contributed by atoms with E-state index in [0.717, 1.165) is 31.1 Å². The number of carbonyl (C=O) groups excluding carboxylic acids is 1. The maximum absolute atomic E-state index is 12.6. The molecule has 3 aromatic rings. The quantitative estimate of drug-likeness (QED) is 0.511. The second-order valence-corrected chi connectivity index (χ2v) is 7.28. The molecule has 0 aliphatic heterocycles. The zero-order valence-electron chi connectivity index (χ0n) is 15.1. The van der Waals surface area contributed by atoms with Gasteiger partial charge >= 0.3 is 11.7 Å². The zero-order valence-corrected chi connectivity index (χ0v) is 15.9. The van der Waals surface area contributed by atoms with Gasteiger partial charge in [0, 0.05) is 22.1 Å². The van der Waals surface area contributed by atoms with Gasteiger partial charge < -0.3 is 15.1 Å². The standard InChI is InChI=1S/C21H20ClN3O3/c22-13-9-11-15(12-10-13)24-21(27)25-19-18(23-14-5-1-2-6-14)16-7-3-4-8-17(16)28-20(19)26/h3-4,7-12,14,23H,1-2,5-6H2,(H2,24,25,27). The van der Waals surface area contributed by atoms with Crippen LogP contribution >= 0.6 is 11.6 Å². The van der Waals surface area contributed by atoms with Crippen LogP contribution in [0.4, 0.5) is 21.9 Å². The van der Waals surface area contributed by atoms with Gasteiger partial charge in [0.05, 0.1) is 5.69 Å². The number of nitrogens with one attached hydrogen (secondary N) is 3. The Morgan fingerprint density at radius 1 is 0.964 bits per heavy atom. The number of hydrogen-bond acceptors (Lipinski definition) is 4. The molecular weight excluding hydrogens is 378 g/mol. The van der Waals surface area contributed by atoms with E-state index in [-0.39, 0.29) is 11.7 Å². The van der Waals surface area contributed by atoms with Gasteiger partial charge in [-0.3, -0.25) is 5.32 Å². The lowest BCUT2D eigenvalue weighted by molar-refractivity contribution is 0.262. The third-order valence-corrected chi connectivity index (χ3v) is 5.11. The monoisotopic (exact) mass is 397 g/mol. The van der Waals surface area contributed by atoms with Crippen LogP contribution in [0.3, 0.4) is 0 Å². The predicted molar refractivity (Wildman–Crippen MR) is 112 cm³/mol. The average Bonchev–Trinajstić information content (AvgIpc) is 3.19. The Morgan fingerprint density at radius 2 is 1.68 bits per heavy atom. The summed E-state index contributed by atoms with van der Waals surface area (Å²) in [6, 6.07) is 13.8. The first-order valence-corrected chi connectivity index (χ1v) is 9.64. The van der Waals surface area contributed by atoms with E-state index in [1.54, 1.807) is 30.3 Å². The van der Waals surface area contributed by atoms with E-state index in [1.807, 2.05) is 18.2 Å². The number of benzene rings is 2. The summed E-state index contributed by atoms with van der Waals surface area (Å²) < 4.78 is 5.41. The topological polar surface area (TPSA) is 83.4 Å². The van der Waals surface area contributed by atoms with Crippen LogP contribution in [0, 0.1) is 0 Å². The van der Waals surface area contributed by atoms with E-state index in [4.69, 9.17) is 16.0 Å². The Hall–Kier alpha value is -2.99. The lowest BCUT2D eigenvalue weighted by atomic mass is 10.1. The average molecular weight is 398 g/mol. The largest absolute Gasteiger partial charge is 0.421 e. The fourth-order valence-electron chi connectivity index (χ4n) is 3.50. The molecule has 4 rings (SSSR count). The number of urea groups is 1. The third kappa shape index (κ3) is 3.97. The molecule has 1 aliphatic rings. The number of amides is 2. The Bertz CT molecular complexity index is 1060.